The number of hydrogen-bond donors (Lipinski definition) is 1. The number of hydrogen-bond acceptors (Lipinski definition) is 2. The summed E-state index contributed by atoms with van der Waals surface area (Å²) < 4.78 is 14.0. The Morgan fingerprint density at radius 1 is 1.33 bits per heavy atom. The minimum absolute atomic E-state index is 0.0916. The summed E-state index contributed by atoms with van der Waals surface area (Å²) >= 11 is 6.06. The van der Waals surface area contributed by atoms with Crippen LogP contribution in [0.2, 0.25) is 5.02 Å². The van der Waals surface area contributed by atoms with Crippen LogP contribution in [0.15, 0.2) is 18.2 Å². The first-order valence-electron chi connectivity index (χ1n) is 8.21. The van der Waals surface area contributed by atoms with E-state index in [9.17, 15) is 14.0 Å². The summed E-state index contributed by atoms with van der Waals surface area (Å²) in [7, 11) is 0. The molecule has 0 atom stereocenters. The van der Waals surface area contributed by atoms with Gasteiger partial charge in [-0.05, 0) is 25.0 Å². The molecule has 2 rings (SSSR count). The van der Waals surface area contributed by atoms with Crippen LogP contribution in [0, 0.1) is 11.2 Å². The topological polar surface area (TPSA) is 49.4 Å². The number of rotatable bonds is 6. The van der Waals surface area contributed by atoms with Crippen molar-refractivity contribution < 1.29 is 14.0 Å². The van der Waals surface area contributed by atoms with E-state index >= 15 is 0 Å². The summed E-state index contributed by atoms with van der Waals surface area (Å²) in [6, 6.07) is 4.66. The zero-order valence-corrected chi connectivity index (χ0v) is 15.1. The number of carbonyl (C=O) groups is 2. The summed E-state index contributed by atoms with van der Waals surface area (Å²) in [5.41, 5.74) is -0.141. The van der Waals surface area contributed by atoms with Crippen LogP contribution in [-0.4, -0.2) is 29.3 Å². The van der Waals surface area contributed by atoms with Crippen molar-refractivity contribution in [1.29, 1.82) is 0 Å². The van der Waals surface area contributed by atoms with Crippen LogP contribution >= 0.6 is 11.6 Å². The Kier molecular flexibility index (Phi) is 5.86. The van der Waals surface area contributed by atoms with E-state index in [1.165, 1.54) is 6.07 Å². The highest BCUT2D eigenvalue weighted by Gasteiger charge is 2.33. The van der Waals surface area contributed by atoms with Gasteiger partial charge in [0.1, 0.15) is 5.82 Å². The maximum atomic E-state index is 14.0. The molecule has 1 aromatic rings. The molecule has 0 aromatic heterocycles. The van der Waals surface area contributed by atoms with Crippen LogP contribution in [0.5, 0.6) is 0 Å². The molecular formula is C18H24ClFN2O2. The number of nitrogens with zero attached hydrogens (tertiary/aromatic N) is 1. The van der Waals surface area contributed by atoms with Crippen LogP contribution in [0.1, 0.15) is 45.6 Å². The zero-order valence-electron chi connectivity index (χ0n) is 14.4. The first-order chi connectivity index (χ1) is 11.2. The molecule has 0 aliphatic heterocycles. The average Bonchev–Trinajstić information content (AvgIpc) is 3.30. The fourth-order valence-electron chi connectivity index (χ4n) is 2.35. The number of benzene rings is 1. The molecule has 0 saturated heterocycles. The molecule has 6 heteroatoms. The Morgan fingerprint density at radius 3 is 2.54 bits per heavy atom. The van der Waals surface area contributed by atoms with Crippen LogP contribution in [0.4, 0.5) is 4.39 Å². The van der Waals surface area contributed by atoms with E-state index in [2.05, 4.69) is 5.32 Å². The minimum atomic E-state index is -0.486. The van der Waals surface area contributed by atoms with Gasteiger partial charge in [-0.1, -0.05) is 38.4 Å². The minimum Gasteiger partial charge on any atom is -0.355 e. The maximum Gasteiger partial charge on any atom is 0.225 e. The molecule has 1 N–H and O–H groups in total. The summed E-state index contributed by atoms with van der Waals surface area (Å²) in [6.45, 7) is 5.91. The molecular weight excluding hydrogens is 331 g/mol. The zero-order chi connectivity index (χ0) is 17.9. The van der Waals surface area contributed by atoms with Crippen LogP contribution in [0.25, 0.3) is 0 Å². The van der Waals surface area contributed by atoms with Gasteiger partial charge >= 0.3 is 0 Å². The molecule has 1 saturated carbocycles. The second-order valence-corrected chi connectivity index (χ2v) is 7.62. The van der Waals surface area contributed by atoms with Crippen molar-refractivity contribution in [3.05, 3.63) is 34.6 Å². The fraction of sp³-hybridized carbons (Fsp3) is 0.556. The third kappa shape index (κ3) is 4.94. The van der Waals surface area contributed by atoms with Crippen LogP contribution < -0.4 is 5.32 Å². The van der Waals surface area contributed by atoms with Gasteiger partial charge in [0.2, 0.25) is 11.8 Å². The van der Waals surface area contributed by atoms with Crippen molar-refractivity contribution in [3.63, 3.8) is 0 Å². The molecule has 24 heavy (non-hydrogen) atoms. The Bertz CT molecular complexity index is 604. The molecule has 1 aromatic carbocycles. The molecule has 0 heterocycles. The largest absolute Gasteiger partial charge is 0.355 e. The predicted molar refractivity (Wildman–Crippen MR) is 92.1 cm³/mol. The van der Waals surface area contributed by atoms with E-state index in [4.69, 9.17) is 11.6 Å². The number of nitrogens with one attached hydrogen (secondary N) is 1. The van der Waals surface area contributed by atoms with Gasteiger partial charge in [-0.25, -0.2) is 4.39 Å². The first kappa shape index (κ1) is 18.7. The predicted octanol–water partition coefficient (Wildman–Crippen LogP) is 3.52. The van der Waals surface area contributed by atoms with Crippen LogP contribution in [0.3, 0.4) is 0 Å². The number of amides is 2. The van der Waals surface area contributed by atoms with E-state index in [1.54, 1.807) is 17.0 Å². The van der Waals surface area contributed by atoms with E-state index in [0.717, 1.165) is 12.8 Å². The second kappa shape index (κ2) is 7.51. The van der Waals surface area contributed by atoms with Gasteiger partial charge < -0.3 is 10.2 Å². The third-order valence-corrected chi connectivity index (χ3v) is 4.36. The highest BCUT2D eigenvalue weighted by molar-refractivity contribution is 6.31. The smallest absolute Gasteiger partial charge is 0.225 e. The molecule has 4 nitrogen and oxygen atoms in total. The van der Waals surface area contributed by atoms with Crippen molar-refractivity contribution >= 4 is 23.4 Å². The quantitative estimate of drug-likeness (QED) is 0.849. The lowest BCUT2D eigenvalue weighted by Gasteiger charge is -2.24. The Balaban J connectivity index is 1.96. The molecule has 2 amide bonds. The summed E-state index contributed by atoms with van der Waals surface area (Å²) in [4.78, 5) is 26.0. The van der Waals surface area contributed by atoms with E-state index in [0.29, 0.717) is 10.6 Å². The standard InChI is InChI=1S/C18H24ClFN2O2/c1-18(2,3)17(24)21-10-9-16(23)22(12-7-8-12)11-13-14(19)5-4-6-15(13)20/h4-6,12H,7-11H2,1-3H3,(H,21,24). The lowest BCUT2D eigenvalue weighted by Crippen LogP contribution is -2.39. The van der Waals surface area contributed by atoms with Gasteiger partial charge in [0, 0.05) is 35.0 Å². The van der Waals surface area contributed by atoms with Crippen molar-refractivity contribution in [2.75, 3.05) is 6.54 Å². The highest BCUT2D eigenvalue weighted by Crippen LogP contribution is 2.31. The molecule has 132 valence electrons. The summed E-state index contributed by atoms with van der Waals surface area (Å²) in [5, 5.41) is 3.10. The fourth-order valence-corrected chi connectivity index (χ4v) is 2.58. The van der Waals surface area contributed by atoms with Crippen LogP contribution in [-0.2, 0) is 16.1 Å². The number of halogens is 2. The third-order valence-electron chi connectivity index (χ3n) is 4.00. The average molecular weight is 355 g/mol. The van der Waals surface area contributed by atoms with Gasteiger partial charge in [0.05, 0.1) is 6.54 Å². The normalized spacial score (nSPS) is 14.4. The Morgan fingerprint density at radius 2 is 2.00 bits per heavy atom. The van der Waals surface area contributed by atoms with Crippen molar-refractivity contribution in [2.24, 2.45) is 5.41 Å². The van der Waals surface area contributed by atoms with E-state index in [1.807, 2.05) is 20.8 Å². The SMILES string of the molecule is CC(C)(C)C(=O)NCCC(=O)N(Cc1c(F)cccc1Cl)C1CC1. The van der Waals surface area contributed by atoms with Crippen molar-refractivity contribution in [2.45, 2.75) is 52.6 Å². The second-order valence-electron chi connectivity index (χ2n) is 7.21. The van der Waals surface area contributed by atoms with Gasteiger partial charge in [-0.15, -0.1) is 0 Å². The molecule has 1 aliphatic rings. The van der Waals surface area contributed by atoms with Crippen molar-refractivity contribution in [3.8, 4) is 0 Å². The van der Waals surface area contributed by atoms with Gasteiger partial charge in [0.15, 0.2) is 0 Å². The Hall–Kier alpha value is -1.62. The first-order valence-corrected chi connectivity index (χ1v) is 8.58. The van der Waals surface area contributed by atoms with Gasteiger partial charge in [-0.3, -0.25) is 9.59 Å². The lowest BCUT2D eigenvalue weighted by atomic mass is 9.96. The molecule has 0 radical (unpaired) electrons. The Labute approximate surface area is 147 Å². The van der Waals surface area contributed by atoms with Gasteiger partial charge in [0.25, 0.3) is 0 Å². The van der Waals surface area contributed by atoms with Gasteiger partial charge in [-0.2, -0.15) is 0 Å². The lowest BCUT2D eigenvalue weighted by molar-refractivity contribution is -0.132. The molecule has 1 fully saturated rings. The maximum absolute atomic E-state index is 14.0. The van der Waals surface area contributed by atoms with Crippen molar-refractivity contribution in [1.82, 2.24) is 10.2 Å². The molecule has 0 bridgehead atoms. The van der Waals surface area contributed by atoms with E-state index in [-0.39, 0.29) is 37.4 Å². The monoisotopic (exact) mass is 354 g/mol. The van der Waals surface area contributed by atoms with E-state index < -0.39 is 11.2 Å². The highest BCUT2D eigenvalue weighted by atomic mass is 35.5. The summed E-state index contributed by atoms with van der Waals surface area (Å²) in [6.07, 6.45) is 2.04. The molecule has 1 aliphatic carbocycles. The molecule has 0 unspecified atom stereocenters. The number of carbonyl (C=O) groups excluding carboxylic acids is 2. The molecule has 0 spiro atoms. The summed E-state index contributed by atoms with van der Waals surface area (Å²) in [5.74, 6) is -0.585.